The molecule has 27 heavy (non-hydrogen) atoms. The van der Waals surface area contributed by atoms with Gasteiger partial charge in [-0.25, -0.2) is 4.99 Å². The highest BCUT2D eigenvalue weighted by Gasteiger charge is 2.10. The van der Waals surface area contributed by atoms with E-state index in [9.17, 15) is 8.78 Å². The third-order valence-electron chi connectivity index (χ3n) is 3.58. The normalized spacial score (nSPS) is 11.3. The number of rotatable bonds is 8. The predicted octanol–water partition coefficient (Wildman–Crippen LogP) is 3.47. The Morgan fingerprint density at radius 1 is 1.26 bits per heavy atom. The van der Waals surface area contributed by atoms with Crippen LogP contribution in [0, 0.1) is 13.8 Å². The van der Waals surface area contributed by atoms with Gasteiger partial charge in [-0.1, -0.05) is 17.7 Å². The number of halogens is 3. The summed E-state index contributed by atoms with van der Waals surface area (Å²) in [5, 5.41) is 10.6. The first kappa shape index (κ1) is 23.1. The van der Waals surface area contributed by atoms with Gasteiger partial charge in [-0.3, -0.25) is 4.68 Å². The van der Waals surface area contributed by atoms with Gasteiger partial charge < -0.3 is 15.4 Å². The van der Waals surface area contributed by atoms with Crippen molar-refractivity contribution in [3.8, 4) is 5.75 Å². The molecule has 0 spiro atoms. The van der Waals surface area contributed by atoms with Crippen molar-refractivity contribution in [2.45, 2.75) is 40.5 Å². The van der Waals surface area contributed by atoms with Crippen molar-refractivity contribution >= 4 is 29.9 Å². The van der Waals surface area contributed by atoms with Gasteiger partial charge in [-0.2, -0.15) is 13.9 Å². The Labute approximate surface area is 175 Å². The van der Waals surface area contributed by atoms with Gasteiger partial charge >= 0.3 is 6.61 Å². The van der Waals surface area contributed by atoms with Gasteiger partial charge in [0.15, 0.2) is 5.96 Å². The third kappa shape index (κ3) is 8.10. The fourth-order valence-electron chi connectivity index (χ4n) is 2.43. The molecule has 0 saturated carbocycles. The van der Waals surface area contributed by atoms with Gasteiger partial charge in [0, 0.05) is 24.8 Å². The van der Waals surface area contributed by atoms with E-state index in [1.165, 1.54) is 0 Å². The molecular formula is C18H26F2IN5O. The monoisotopic (exact) mass is 493 g/mol. The maximum atomic E-state index is 12.6. The number of nitrogens with one attached hydrogen (secondary N) is 2. The number of hydrogen-bond acceptors (Lipinski definition) is 3. The van der Waals surface area contributed by atoms with Crippen LogP contribution in [0.2, 0.25) is 0 Å². The Bertz CT molecular complexity index is 736. The zero-order chi connectivity index (χ0) is 18.9. The fraction of sp³-hybridized carbons (Fsp3) is 0.444. The summed E-state index contributed by atoms with van der Waals surface area (Å²) in [6.07, 6.45) is 3.77. The van der Waals surface area contributed by atoms with E-state index in [1.54, 1.807) is 18.2 Å². The molecule has 0 radical (unpaired) electrons. The van der Waals surface area contributed by atoms with E-state index >= 15 is 0 Å². The quantitative estimate of drug-likeness (QED) is 0.336. The summed E-state index contributed by atoms with van der Waals surface area (Å²) in [7, 11) is 0. The number of aliphatic imine (C=N–C) groups is 1. The van der Waals surface area contributed by atoms with Crippen molar-refractivity contribution in [2.75, 3.05) is 13.1 Å². The lowest BCUT2D eigenvalue weighted by atomic mass is 10.1. The first-order chi connectivity index (χ1) is 12.5. The highest BCUT2D eigenvalue weighted by molar-refractivity contribution is 14.0. The highest BCUT2D eigenvalue weighted by atomic mass is 127. The van der Waals surface area contributed by atoms with Gasteiger partial charge in [0.1, 0.15) is 5.75 Å². The van der Waals surface area contributed by atoms with E-state index in [1.807, 2.05) is 37.8 Å². The molecule has 2 aromatic rings. The number of aryl methyl sites for hydroxylation is 2. The molecular weight excluding hydrogens is 467 g/mol. The molecule has 0 amide bonds. The van der Waals surface area contributed by atoms with Crippen molar-refractivity contribution < 1.29 is 13.5 Å². The second kappa shape index (κ2) is 11.7. The van der Waals surface area contributed by atoms with Crippen LogP contribution in [0.25, 0.3) is 0 Å². The van der Waals surface area contributed by atoms with Crippen molar-refractivity contribution in [1.29, 1.82) is 0 Å². The number of alkyl halides is 2. The summed E-state index contributed by atoms with van der Waals surface area (Å²) in [6, 6.07) is 5.09. The molecule has 150 valence electrons. The minimum absolute atomic E-state index is 0. The third-order valence-corrected chi connectivity index (χ3v) is 3.58. The van der Waals surface area contributed by atoms with E-state index in [2.05, 4.69) is 25.5 Å². The van der Waals surface area contributed by atoms with E-state index in [0.717, 1.165) is 11.1 Å². The lowest BCUT2D eigenvalue weighted by Gasteiger charge is -2.13. The second-order valence-corrected chi connectivity index (χ2v) is 5.89. The fourth-order valence-corrected chi connectivity index (χ4v) is 2.43. The van der Waals surface area contributed by atoms with Gasteiger partial charge in [-0.15, -0.1) is 24.0 Å². The van der Waals surface area contributed by atoms with Crippen LogP contribution in [0.3, 0.4) is 0 Å². The van der Waals surface area contributed by atoms with Crippen LogP contribution in [-0.2, 0) is 13.1 Å². The minimum atomic E-state index is -2.86. The molecule has 0 aliphatic carbocycles. The highest BCUT2D eigenvalue weighted by Crippen LogP contribution is 2.22. The molecule has 1 aromatic carbocycles. The summed E-state index contributed by atoms with van der Waals surface area (Å²) in [5.74, 6) is 0.762. The van der Waals surface area contributed by atoms with Crippen LogP contribution in [0.1, 0.15) is 23.6 Å². The molecule has 0 bridgehead atoms. The summed E-state index contributed by atoms with van der Waals surface area (Å²) in [6.45, 7) is 5.26. The molecule has 2 rings (SSSR count). The van der Waals surface area contributed by atoms with Crippen molar-refractivity contribution in [1.82, 2.24) is 20.4 Å². The number of hydrogen-bond donors (Lipinski definition) is 2. The van der Waals surface area contributed by atoms with E-state index < -0.39 is 6.61 Å². The second-order valence-electron chi connectivity index (χ2n) is 5.89. The molecule has 0 aliphatic heterocycles. The largest absolute Gasteiger partial charge is 0.434 e. The summed E-state index contributed by atoms with van der Waals surface area (Å²) >= 11 is 0. The molecule has 1 heterocycles. The van der Waals surface area contributed by atoms with Crippen molar-refractivity contribution in [2.24, 2.45) is 4.99 Å². The smallest absolute Gasteiger partial charge is 0.387 e. The van der Waals surface area contributed by atoms with Gasteiger partial charge in [0.25, 0.3) is 0 Å². The zero-order valence-corrected chi connectivity index (χ0v) is 18.0. The average molecular weight is 493 g/mol. The molecule has 2 N–H and O–H groups in total. The van der Waals surface area contributed by atoms with Crippen LogP contribution < -0.4 is 15.4 Å². The van der Waals surface area contributed by atoms with Crippen molar-refractivity contribution in [3.05, 3.63) is 47.3 Å². The first-order valence-electron chi connectivity index (χ1n) is 8.53. The minimum Gasteiger partial charge on any atom is -0.434 e. The number of nitrogens with zero attached hydrogens (tertiary/aromatic N) is 3. The molecule has 0 fully saturated rings. The number of guanidine groups is 1. The van der Waals surface area contributed by atoms with E-state index in [4.69, 9.17) is 0 Å². The van der Waals surface area contributed by atoms with E-state index in [-0.39, 0.29) is 36.3 Å². The summed E-state index contributed by atoms with van der Waals surface area (Å²) in [4.78, 5) is 4.47. The lowest BCUT2D eigenvalue weighted by molar-refractivity contribution is -0.0504. The summed E-state index contributed by atoms with van der Waals surface area (Å²) in [5.41, 5.74) is 2.69. The number of aromatic nitrogens is 2. The summed E-state index contributed by atoms with van der Waals surface area (Å²) < 4.78 is 31.5. The Morgan fingerprint density at radius 2 is 2.04 bits per heavy atom. The van der Waals surface area contributed by atoms with Crippen LogP contribution in [0.5, 0.6) is 5.75 Å². The van der Waals surface area contributed by atoms with Crippen LogP contribution in [0.15, 0.2) is 35.6 Å². The van der Waals surface area contributed by atoms with Crippen LogP contribution in [0.4, 0.5) is 8.78 Å². The first-order valence-corrected chi connectivity index (χ1v) is 8.53. The molecule has 0 unspecified atom stereocenters. The van der Waals surface area contributed by atoms with Crippen LogP contribution in [-0.4, -0.2) is 35.4 Å². The Hall–Kier alpha value is -1.91. The van der Waals surface area contributed by atoms with Crippen LogP contribution >= 0.6 is 24.0 Å². The van der Waals surface area contributed by atoms with E-state index in [0.29, 0.717) is 31.2 Å². The Morgan fingerprint density at radius 3 is 2.67 bits per heavy atom. The molecule has 9 heteroatoms. The van der Waals surface area contributed by atoms with Gasteiger partial charge in [0.2, 0.25) is 0 Å². The number of benzene rings is 1. The maximum Gasteiger partial charge on any atom is 0.387 e. The van der Waals surface area contributed by atoms with Crippen molar-refractivity contribution in [3.63, 3.8) is 0 Å². The molecule has 6 nitrogen and oxygen atoms in total. The zero-order valence-electron chi connectivity index (χ0n) is 15.7. The lowest BCUT2D eigenvalue weighted by Crippen LogP contribution is -2.38. The molecule has 0 atom stereocenters. The SMILES string of the molecule is CCNC(=NCc1cc(C)ccc1OC(F)F)NCCn1cc(C)cn1.I. The molecule has 1 aromatic heterocycles. The number of ether oxygens (including phenoxy) is 1. The molecule has 0 aliphatic rings. The standard InChI is InChI=1S/C18H25F2N5O.HI/c1-4-21-18(22-7-8-25-12-14(3)10-24-25)23-11-15-9-13(2)5-6-16(15)26-17(19)20;/h5-6,9-10,12,17H,4,7-8,11H2,1-3H3,(H2,21,22,23);1H. The Balaban J connectivity index is 0.00000364. The molecule has 0 saturated heterocycles. The van der Waals surface area contributed by atoms with Gasteiger partial charge in [0.05, 0.1) is 19.3 Å². The maximum absolute atomic E-state index is 12.6. The Kier molecular flexibility index (Phi) is 10.0. The average Bonchev–Trinajstić information content (AvgIpc) is 2.99. The topological polar surface area (TPSA) is 63.5 Å². The predicted molar refractivity (Wildman–Crippen MR) is 113 cm³/mol. The van der Waals surface area contributed by atoms with Gasteiger partial charge in [-0.05, 0) is 32.4 Å².